The van der Waals surface area contributed by atoms with Crippen LogP contribution in [0.2, 0.25) is 0 Å². The normalized spacial score (nSPS) is 16.3. The van der Waals surface area contributed by atoms with E-state index < -0.39 is 0 Å². The molecule has 1 unspecified atom stereocenters. The Morgan fingerprint density at radius 3 is 2.38 bits per heavy atom. The lowest BCUT2D eigenvalue weighted by atomic mass is 9.94. The summed E-state index contributed by atoms with van der Waals surface area (Å²) in [4.78, 5) is 3.60. The molecule has 1 atom stereocenters. The van der Waals surface area contributed by atoms with Crippen LogP contribution in [0.5, 0.6) is 11.5 Å². The molecule has 0 spiro atoms. The van der Waals surface area contributed by atoms with Crippen LogP contribution < -0.4 is 14.8 Å². The fourth-order valence-corrected chi connectivity index (χ4v) is 3.41. The van der Waals surface area contributed by atoms with E-state index in [1.54, 1.807) is 14.2 Å². The molecule has 0 radical (unpaired) electrons. The van der Waals surface area contributed by atoms with Crippen molar-refractivity contribution in [2.45, 2.75) is 12.5 Å². The van der Waals surface area contributed by atoms with Gasteiger partial charge in [0.1, 0.15) is 11.5 Å². The molecule has 0 aliphatic carbocycles. The molecule has 1 aromatic heterocycles. The van der Waals surface area contributed by atoms with E-state index in [1.165, 1.54) is 22.2 Å². The second-order valence-electron chi connectivity index (χ2n) is 5.84. The van der Waals surface area contributed by atoms with Crippen LogP contribution in [-0.2, 0) is 6.42 Å². The molecule has 0 bridgehead atoms. The number of fused-ring (bicyclic) bond motifs is 3. The number of nitrogens with one attached hydrogen (secondary N) is 2. The first-order chi connectivity index (χ1) is 11.3. The van der Waals surface area contributed by atoms with Gasteiger partial charge in [-0.2, -0.15) is 0 Å². The van der Waals surface area contributed by atoms with Gasteiger partial charge in [-0.3, -0.25) is 0 Å². The van der Waals surface area contributed by atoms with Gasteiger partial charge in [-0.1, -0.05) is 12.1 Å². The first kappa shape index (κ1) is 16.7. The summed E-state index contributed by atoms with van der Waals surface area (Å²) >= 11 is 0. The van der Waals surface area contributed by atoms with Crippen LogP contribution in [-0.4, -0.2) is 25.7 Å². The Morgan fingerprint density at radius 2 is 1.67 bits per heavy atom. The molecule has 0 saturated heterocycles. The van der Waals surface area contributed by atoms with Crippen molar-refractivity contribution in [3.63, 3.8) is 0 Å². The lowest BCUT2D eigenvalue weighted by Gasteiger charge is -2.25. The first-order valence-corrected chi connectivity index (χ1v) is 7.86. The lowest BCUT2D eigenvalue weighted by Crippen LogP contribution is -2.30. The van der Waals surface area contributed by atoms with Gasteiger partial charge in [-0.15, -0.1) is 12.4 Å². The van der Waals surface area contributed by atoms with Crippen LogP contribution in [0.4, 0.5) is 0 Å². The van der Waals surface area contributed by atoms with Crippen molar-refractivity contribution < 1.29 is 9.47 Å². The Kier molecular flexibility index (Phi) is 4.69. The van der Waals surface area contributed by atoms with E-state index >= 15 is 0 Å². The highest BCUT2D eigenvalue weighted by atomic mass is 35.5. The maximum absolute atomic E-state index is 5.38. The molecule has 3 aromatic rings. The Hall–Kier alpha value is -2.17. The minimum Gasteiger partial charge on any atom is -0.497 e. The van der Waals surface area contributed by atoms with Crippen LogP contribution in [0, 0.1) is 0 Å². The molecular formula is C19H21ClN2O2. The Morgan fingerprint density at radius 1 is 0.958 bits per heavy atom. The van der Waals surface area contributed by atoms with Crippen molar-refractivity contribution in [2.24, 2.45) is 0 Å². The molecule has 24 heavy (non-hydrogen) atoms. The average Bonchev–Trinajstić information content (AvgIpc) is 2.99. The number of benzene rings is 2. The van der Waals surface area contributed by atoms with Crippen molar-refractivity contribution >= 4 is 23.3 Å². The standard InChI is InChI=1S/C19H20N2O2.ClH/c1-22-13-5-3-12(4-6-13)18-19-15(9-10-20-18)16-11-14(23-2)7-8-17(16)21-19;/h3-8,11,18,20-21H,9-10H2,1-2H3;1H. The van der Waals surface area contributed by atoms with Gasteiger partial charge in [0.2, 0.25) is 0 Å². The topological polar surface area (TPSA) is 46.3 Å². The Bertz CT molecular complexity index is 842. The largest absolute Gasteiger partial charge is 0.497 e. The van der Waals surface area contributed by atoms with Gasteiger partial charge in [0.25, 0.3) is 0 Å². The monoisotopic (exact) mass is 344 g/mol. The van der Waals surface area contributed by atoms with E-state index in [0.29, 0.717) is 0 Å². The van der Waals surface area contributed by atoms with Gasteiger partial charge in [0.05, 0.1) is 20.3 Å². The third-order valence-corrected chi connectivity index (χ3v) is 4.61. The number of aromatic amines is 1. The van der Waals surface area contributed by atoms with Crippen molar-refractivity contribution in [1.82, 2.24) is 10.3 Å². The van der Waals surface area contributed by atoms with Crippen molar-refractivity contribution in [2.75, 3.05) is 20.8 Å². The molecule has 126 valence electrons. The van der Waals surface area contributed by atoms with E-state index in [1.807, 2.05) is 18.2 Å². The molecule has 4 rings (SSSR count). The van der Waals surface area contributed by atoms with Crippen LogP contribution >= 0.6 is 12.4 Å². The van der Waals surface area contributed by atoms with E-state index in [-0.39, 0.29) is 18.4 Å². The molecule has 2 heterocycles. The number of halogens is 1. The molecule has 0 fully saturated rings. The number of hydrogen-bond acceptors (Lipinski definition) is 3. The second kappa shape index (κ2) is 6.75. The summed E-state index contributed by atoms with van der Waals surface area (Å²) in [6.07, 6.45) is 1.02. The van der Waals surface area contributed by atoms with Crippen LogP contribution in [0.3, 0.4) is 0 Å². The SMILES string of the molecule is COc1ccc(C2NCCc3c2[nH]c2ccc(OC)cc32)cc1.Cl. The molecule has 5 heteroatoms. The number of hydrogen-bond donors (Lipinski definition) is 2. The average molecular weight is 345 g/mol. The molecule has 1 aliphatic heterocycles. The number of H-pyrrole nitrogens is 1. The summed E-state index contributed by atoms with van der Waals surface area (Å²) in [6.45, 7) is 0.966. The van der Waals surface area contributed by atoms with Gasteiger partial charge in [-0.05, 0) is 47.9 Å². The number of rotatable bonds is 3. The fraction of sp³-hybridized carbons (Fsp3) is 0.263. The minimum absolute atomic E-state index is 0. The Labute approximate surface area is 147 Å². The summed E-state index contributed by atoms with van der Waals surface area (Å²) < 4.78 is 10.6. The zero-order valence-electron chi connectivity index (χ0n) is 13.8. The lowest BCUT2D eigenvalue weighted by molar-refractivity contribution is 0.414. The molecule has 2 N–H and O–H groups in total. The van der Waals surface area contributed by atoms with Crippen molar-refractivity contribution in [3.05, 3.63) is 59.3 Å². The molecule has 0 saturated carbocycles. The number of aromatic nitrogens is 1. The van der Waals surface area contributed by atoms with Crippen molar-refractivity contribution in [1.29, 1.82) is 0 Å². The van der Waals surface area contributed by atoms with E-state index in [0.717, 1.165) is 30.0 Å². The molecule has 1 aliphatic rings. The van der Waals surface area contributed by atoms with Gasteiger partial charge in [-0.25, -0.2) is 0 Å². The highest BCUT2D eigenvalue weighted by Crippen LogP contribution is 2.35. The highest BCUT2D eigenvalue weighted by molar-refractivity contribution is 5.86. The van der Waals surface area contributed by atoms with E-state index in [2.05, 4.69) is 34.6 Å². The quantitative estimate of drug-likeness (QED) is 0.758. The summed E-state index contributed by atoms with van der Waals surface area (Å²) in [6, 6.07) is 14.7. The van der Waals surface area contributed by atoms with Crippen molar-refractivity contribution in [3.8, 4) is 11.5 Å². The minimum atomic E-state index is 0. The third kappa shape index (κ3) is 2.72. The summed E-state index contributed by atoms with van der Waals surface area (Å²) in [5.41, 5.74) is 5.05. The summed E-state index contributed by atoms with van der Waals surface area (Å²) in [5, 5.41) is 4.88. The summed E-state index contributed by atoms with van der Waals surface area (Å²) in [7, 11) is 3.40. The molecule has 4 nitrogen and oxygen atoms in total. The van der Waals surface area contributed by atoms with Crippen LogP contribution in [0.15, 0.2) is 42.5 Å². The maximum Gasteiger partial charge on any atom is 0.119 e. The molecular weight excluding hydrogens is 324 g/mol. The first-order valence-electron chi connectivity index (χ1n) is 7.86. The molecule has 0 amide bonds. The fourth-order valence-electron chi connectivity index (χ4n) is 3.41. The second-order valence-corrected chi connectivity index (χ2v) is 5.84. The van der Waals surface area contributed by atoms with Gasteiger partial charge in [0, 0.05) is 23.1 Å². The smallest absolute Gasteiger partial charge is 0.119 e. The van der Waals surface area contributed by atoms with Crippen LogP contribution in [0.25, 0.3) is 10.9 Å². The number of methoxy groups -OCH3 is 2. The zero-order valence-corrected chi connectivity index (χ0v) is 14.6. The highest BCUT2D eigenvalue weighted by Gasteiger charge is 2.25. The van der Waals surface area contributed by atoms with Gasteiger partial charge >= 0.3 is 0 Å². The maximum atomic E-state index is 5.38. The predicted molar refractivity (Wildman–Crippen MR) is 98.6 cm³/mol. The van der Waals surface area contributed by atoms with Gasteiger partial charge < -0.3 is 19.8 Å². The summed E-state index contributed by atoms with van der Waals surface area (Å²) in [5.74, 6) is 1.78. The third-order valence-electron chi connectivity index (χ3n) is 4.61. The van der Waals surface area contributed by atoms with E-state index in [4.69, 9.17) is 9.47 Å². The number of ether oxygens (including phenoxy) is 2. The van der Waals surface area contributed by atoms with Crippen LogP contribution in [0.1, 0.15) is 22.9 Å². The van der Waals surface area contributed by atoms with Gasteiger partial charge in [0.15, 0.2) is 0 Å². The zero-order chi connectivity index (χ0) is 15.8. The predicted octanol–water partition coefficient (Wildman–Crippen LogP) is 3.84. The Balaban J connectivity index is 0.00000169. The van der Waals surface area contributed by atoms with E-state index in [9.17, 15) is 0 Å². The molecule has 2 aromatic carbocycles.